The van der Waals surface area contributed by atoms with Crippen LogP contribution < -0.4 is 11.1 Å². The molecule has 5 rings (SSSR count). The number of carbonyl (C=O) groups is 1. The van der Waals surface area contributed by atoms with Crippen molar-refractivity contribution >= 4 is 44.5 Å². The highest BCUT2D eigenvalue weighted by Gasteiger charge is 2.13. The van der Waals surface area contributed by atoms with E-state index in [2.05, 4.69) is 20.3 Å². The van der Waals surface area contributed by atoms with Crippen LogP contribution in [0.3, 0.4) is 0 Å². The number of H-pyrrole nitrogens is 1. The monoisotopic (exact) mass is 405 g/mol. The van der Waals surface area contributed by atoms with Gasteiger partial charge in [0, 0.05) is 10.9 Å². The molecule has 0 saturated carbocycles. The maximum absolute atomic E-state index is 12.6. The minimum Gasteiger partial charge on any atom is -0.408 e. The van der Waals surface area contributed by atoms with E-state index in [-0.39, 0.29) is 12.5 Å². The number of rotatable bonds is 4. The number of oxazole rings is 1. The number of nitrogens with zero attached hydrogens (tertiary/aromatic N) is 3. The molecular weight excluding hydrogens is 390 g/mol. The average Bonchev–Trinajstić information content (AvgIpc) is 3.38. The quantitative estimate of drug-likeness (QED) is 0.476. The molecule has 0 saturated heterocycles. The maximum atomic E-state index is 12.6. The van der Waals surface area contributed by atoms with Crippen molar-refractivity contribution in [1.29, 1.82) is 0 Å². The largest absolute Gasteiger partial charge is 0.417 e. The number of hydrogen-bond acceptors (Lipinski definition) is 6. The first kappa shape index (κ1) is 17.4. The van der Waals surface area contributed by atoms with Crippen molar-refractivity contribution in [1.82, 2.24) is 19.5 Å². The lowest BCUT2D eigenvalue weighted by Crippen LogP contribution is -2.19. The van der Waals surface area contributed by atoms with Gasteiger partial charge in [0.2, 0.25) is 5.91 Å². The number of benzene rings is 2. The molecule has 144 valence electrons. The predicted molar refractivity (Wildman–Crippen MR) is 111 cm³/mol. The van der Waals surface area contributed by atoms with Gasteiger partial charge in [-0.15, -0.1) is 11.3 Å². The van der Waals surface area contributed by atoms with Crippen LogP contribution in [0.25, 0.3) is 33.4 Å². The van der Waals surface area contributed by atoms with Crippen LogP contribution in [0.2, 0.25) is 0 Å². The second-order valence-electron chi connectivity index (χ2n) is 6.55. The zero-order valence-corrected chi connectivity index (χ0v) is 16.1. The van der Waals surface area contributed by atoms with Crippen molar-refractivity contribution in [3.63, 3.8) is 0 Å². The zero-order valence-electron chi connectivity index (χ0n) is 15.3. The summed E-state index contributed by atoms with van der Waals surface area (Å²) in [6.07, 6.45) is 0. The summed E-state index contributed by atoms with van der Waals surface area (Å²) in [4.78, 5) is 35.4. The van der Waals surface area contributed by atoms with Gasteiger partial charge >= 0.3 is 5.76 Å². The molecule has 0 aliphatic heterocycles. The third kappa shape index (κ3) is 3.21. The Morgan fingerprint density at radius 3 is 3.00 bits per heavy atom. The summed E-state index contributed by atoms with van der Waals surface area (Å²) in [5.41, 5.74) is 4.37. The second kappa shape index (κ2) is 6.71. The zero-order chi connectivity index (χ0) is 20.0. The lowest BCUT2D eigenvalue weighted by atomic mass is 10.1. The summed E-state index contributed by atoms with van der Waals surface area (Å²) >= 11 is 1.34. The number of imidazole rings is 1. The molecule has 8 nitrogen and oxygen atoms in total. The minimum absolute atomic E-state index is 0.154. The van der Waals surface area contributed by atoms with Gasteiger partial charge in [-0.3, -0.25) is 9.78 Å². The van der Waals surface area contributed by atoms with Crippen LogP contribution in [-0.2, 0) is 11.3 Å². The van der Waals surface area contributed by atoms with Gasteiger partial charge in [-0.05, 0) is 31.2 Å². The van der Waals surface area contributed by atoms with Crippen LogP contribution in [0.15, 0.2) is 57.1 Å². The highest BCUT2D eigenvalue weighted by atomic mass is 32.1. The van der Waals surface area contributed by atoms with E-state index in [0.717, 1.165) is 22.4 Å². The van der Waals surface area contributed by atoms with Crippen LogP contribution in [0.4, 0.5) is 5.13 Å². The lowest BCUT2D eigenvalue weighted by Gasteiger charge is -2.06. The number of amides is 1. The maximum Gasteiger partial charge on any atom is 0.417 e. The Labute approximate surface area is 167 Å². The van der Waals surface area contributed by atoms with Gasteiger partial charge in [-0.1, -0.05) is 18.2 Å². The lowest BCUT2D eigenvalue weighted by molar-refractivity contribution is -0.116. The van der Waals surface area contributed by atoms with Crippen molar-refractivity contribution in [3.8, 4) is 11.3 Å². The fourth-order valence-electron chi connectivity index (χ4n) is 3.27. The van der Waals surface area contributed by atoms with E-state index in [1.54, 1.807) is 12.1 Å². The summed E-state index contributed by atoms with van der Waals surface area (Å²) < 4.78 is 6.97. The van der Waals surface area contributed by atoms with Gasteiger partial charge in [0.05, 0.1) is 22.2 Å². The van der Waals surface area contributed by atoms with Gasteiger partial charge in [0.25, 0.3) is 0 Å². The van der Waals surface area contributed by atoms with Crippen molar-refractivity contribution in [2.75, 3.05) is 5.32 Å². The highest BCUT2D eigenvalue weighted by Crippen LogP contribution is 2.27. The number of fused-ring (bicyclic) bond motifs is 2. The molecule has 0 unspecified atom stereocenters. The average molecular weight is 405 g/mol. The number of aromatic amines is 1. The molecule has 3 aromatic heterocycles. The topological polar surface area (TPSA) is 106 Å². The molecule has 9 heteroatoms. The van der Waals surface area contributed by atoms with Crippen molar-refractivity contribution in [2.45, 2.75) is 13.5 Å². The van der Waals surface area contributed by atoms with Gasteiger partial charge in [-0.2, -0.15) is 0 Å². The van der Waals surface area contributed by atoms with Crippen molar-refractivity contribution < 1.29 is 9.21 Å². The Kier molecular flexibility index (Phi) is 4.02. The molecule has 29 heavy (non-hydrogen) atoms. The fourth-order valence-corrected chi connectivity index (χ4v) is 4.00. The van der Waals surface area contributed by atoms with Gasteiger partial charge in [-0.25, -0.2) is 14.8 Å². The van der Waals surface area contributed by atoms with E-state index >= 15 is 0 Å². The summed E-state index contributed by atoms with van der Waals surface area (Å²) in [5, 5.41) is 5.19. The normalized spacial score (nSPS) is 11.3. The third-order valence-corrected chi connectivity index (χ3v) is 5.37. The molecule has 3 heterocycles. The van der Waals surface area contributed by atoms with E-state index in [4.69, 9.17) is 4.42 Å². The molecule has 0 bridgehead atoms. The highest BCUT2D eigenvalue weighted by molar-refractivity contribution is 7.14. The van der Waals surface area contributed by atoms with E-state index in [0.29, 0.717) is 21.9 Å². The molecule has 1 amide bonds. The predicted octanol–water partition coefficient (Wildman–Crippen LogP) is 3.54. The first-order valence-corrected chi connectivity index (χ1v) is 9.75. The van der Waals surface area contributed by atoms with Crippen LogP contribution in [-0.4, -0.2) is 25.4 Å². The molecule has 0 atom stereocenters. The van der Waals surface area contributed by atoms with Crippen molar-refractivity contribution in [3.05, 3.63) is 64.2 Å². The van der Waals surface area contributed by atoms with Gasteiger partial charge in [0.1, 0.15) is 12.4 Å². The van der Waals surface area contributed by atoms with Crippen molar-refractivity contribution in [2.24, 2.45) is 0 Å². The number of anilines is 1. The molecule has 5 aromatic rings. The van der Waals surface area contributed by atoms with E-state index < -0.39 is 5.76 Å². The Morgan fingerprint density at radius 1 is 1.24 bits per heavy atom. The van der Waals surface area contributed by atoms with Crippen LogP contribution in [0, 0.1) is 6.92 Å². The molecule has 0 radical (unpaired) electrons. The Bertz CT molecular complexity index is 1420. The molecule has 0 aliphatic carbocycles. The SMILES string of the molecule is Cc1nc2ccccc2n1CC(=O)Nc1nc(-c2ccc3[nH]c(=O)oc3c2)cs1. The first-order chi connectivity index (χ1) is 14.1. The molecule has 0 fully saturated rings. The second-order valence-corrected chi connectivity index (χ2v) is 7.40. The smallest absolute Gasteiger partial charge is 0.408 e. The van der Waals surface area contributed by atoms with Crippen LogP contribution >= 0.6 is 11.3 Å². The summed E-state index contributed by atoms with van der Waals surface area (Å²) in [5.74, 6) is 0.109. The van der Waals surface area contributed by atoms with Crippen LogP contribution in [0.5, 0.6) is 0 Å². The fraction of sp³-hybridized carbons (Fsp3) is 0.100. The number of carbonyl (C=O) groups excluding carboxylic acids is 1. The number of nitrogens with one attached hydrogen (secondary N) is 2. The van der Waals surface area contributed by atoms with Gasteiger partial charge < -0.3 is 14.3 Å². The summed E-state index contributed by atoms with van der Waals surface area (Å²) in [6.45, 7) is 2.03. The number of thiazole rings is 1. The number of aryl methyl sites for hydroxylation is 1. The third-order valence-electron chi connectivity index (χ3n) is 4.61. The first-order valence-electron chi connectivity index (χ1n) is 8.87. The van der Waals surface area contributed by atoms with Gasteiger partial charge in [0.15, 0.2) is 10.7 Å². The molecule has 0 aliphatic rings. The summed E-state index contributed by atoms with van der Waals surface area (Å²) in [6, 6.07) is 13.1. The molecular formula is C20H15N5O3S. The molecule has 2 N–H and O–H groups in total. The Hall–Kier alpha value is -3.72. The van der Waals surface area contributed by atoms with E-state index in [1.165, 1.54) is 11.3 Å². The minimum atomic E-state index is -0.495. The Morgan fingerprint density at radius 2 is 2.10 bits per heavy atom. The summed E-state index contributed by atoms with van der Waals surface area (Å²) in [7, 11) is 0. The molecule has 0 spiro atoms. The Balaban J connectivity index is 1.35. The number of hydrogen-bond donors (Lipinski definition) is 2. The van der Waals surface area contributed by atoms with E-state index in [1.807, 2.05) is 47.2 Å². The van der Waals surface area contributed by atoms with Crippen LogP contribution in [0.1, 0.15) is 5.82 Å². The van der Waals surface area contributed by atoms with E-state index in [9.17, 15) is 9.59 Å². The number of aromatic nitrogens is 4. The standard InChI is InChI=1S/C20H15N5O3S/c1-11-21-13-4-2-3-5-16(13)25(11)9-18(26)24-19-22-15(10-29-19)12-6-7-14-17(8-12)28-20(27)23-14/h2-8,10H,9H2,1H3,(H,23,27)(H,22,24,26). The number of para-hydroxylation sites is 2. The molecule has 2 aromatic carbocycles.